The molecule has 80 valence electrons. The topological polar surface area (TPSA) is 76.3 Å². The molecule has 0 saturated carbocycles. The molecule has 0 aliphatic rings. The van der Waals surface area contributed by atoms with Crippen LogP contribution in [0.15, 0.2) is 42.2 Å². The Kier molecular flexibility index (Phi) is 3.00. The van der Waals surface area contributed by atoms with Crippen LogP contribution in [0, 0.1) is 22.7 Å². The Morgan fingerprint density at radius 2 is 2.00 bits per heavy atom. The molecule has 0 amide bonds. The molecule has 0 saturated heterocycles. The summed E-state index contributed by atoms with van der Waals surface area (Å²) in [6.07, 6.45) is 5.04. The number of nitrogens with one attached hydrogen (secondary N) is 1. The van der Waals surface area contributed by atoms with Crippen molar-refractivity contribution in [1.82, 2.24) is 10.2 Å². The SMILES string of the molecule is N#CC(C#N)=Cc1ccccc1-c1cn[nH]c1. The number of nitrogens with zero attached hydrogens (tertiary/aromatic N) is 3. The van der Waals surface area contributed by atoms with Crippen molar-refractivity contribution in [3.05, 3.63) is 47.8 Å². The molecule has 17 heavy (non-hydrogen) atoms. The Morgan fingerprint density at radius 3 is 2.65 bits per heavy atom. The monoisotopic (exact) mass is 220 g/mol. The van der Waals surface area contributed by atoms with Crippen LogP contribution in [-0.2, 0) is 0 Å². The Morgan fingerprint density at radius 1 is 1.24 bits per heavy atom. The summed E-state index contributed by atoms with van der Waals surface area (Å²) >= 11 is 0. The van der Waals surface area contributed by atoms with E-state index in [-0.39, 0.29) is 5.57 Å². The second-order valence-corrected chi connectivity index (χ2v) is 3.36. The summed E-state index contributed by atoms with van der Waals surface area (Å²) in [6, 6.07) is 11.2. The van der Waals surface area contributed by atoms with Gasteiger partial charge in [-0.25, -0.2) is 0 Å². The van der Waals surface area contributed by atoms with Crippen molar-refractivity contribution in [3.8, 4) is 23.3 Å². The third-order valence-corrected chi connectivity index (χ3v) is 2.31. The summed E-state index contributed by atoms with van der Waals surface area (Å²) in [7, 11) is 0. The first kappa shape index (κ1) is 10.7. The number of H-pyrrole nitrogens is 1. The highest BCUT2D eigenvalue weighted by atomic mass is 15.1. The van der Waals surface area contributed by atoms with Crippen LogP contribution >= 0.6 is 0 Å². The quantitative estimate of drug-likeness (QED) is 0.790. The fourth-order valence-electron chi connectivity index (χ4n) is 1.53. The second-order valence-electron chi connectivity index (χ2n) is 3.36. The number of nitriles is 2. The number of allylic oxidation sites excluding steroid dienone is 1. The lowest BCUT2D eigenvalue weighted by Crippen LogP contribution is -1.82. The van der Waals surface area contributed by atoms with Crippen molar-refractivity contribution in [2.24, 2.45) is 0 Å². The van der Waals surface area contributed by atoms with Gasteiger partial charge in [0.15, 0.2) is 0 Å². The van der Waals surface area contributed by atoms with Crippen molar-refractivity contribution in [2.45, 2.75) is 0 Å². The van der Waals surface area contributed by atoms with Gasteiger partial charge in [0.1, 0.15) is 17.7 Å². The second kappa shape index (κ2) is 4.78. The maximum absolute atomic E-state index is 8.75. The van der Waals surface area contributed by atoms with Crippen LogP contribution in [0.25, 0.3) is 17.2 Å². The van der Waals surface area contributed by atoms with Crippen LogP contribution in [0.1, 0.15) is 5.56 Å². The molecule has 2 rings (SSSR count). The zero-order chi connectivity index (χ0) is 12.1. The van der Waals surface area contributed by atoms with E-state index >= 15 is 0 Å². The minimum atomic E-state index is 0.0842. The number of rotatable bonds is 2. The predicted molar refractivity (Wildman–Crippen MR) is 63.2 cm³/mol. The third kappa shape index (κ3) is 2.22. The maximum atomic E-state index is 8.75. The molecule has 0 fully saturated rings. The molecule has 4 nitrogen and oxygen atoms in total. The van der Waals surface area contributed by atoms with E-state index in [1.807, 2.05) is 36.4 Å². The molecular formula is C13H8N4. The van der Waals surface area contributed by atoms with Crippen molar-refractivity contribution >= 4 is 6.08 Å². The Balaban J connectivity index is 2.54. The van der Waals surface area contributed by atoms with Crippen molar-refractivity contribution in [2.75, 3.05) is 0 Å². The lowest BCUT2D eigenvalue weighted by atomic mass is 10.0. The van der Waals surface area contributed by atoms with Crippen LogP contribution in [0.4, 0.5) is 0 Å². The van der Waals surface area contributed by atoms with E-state index in [1.165, 1.54) is 0 Å². The highest BCUT2D eigenvalue weighted by Crippen LogP contribution is 2.24. The third-order valence-electron chi connectivity index (χ3n) is 2.31. The van der Waals surface area contributed by atoms with E-state index < -0.39 is 0 Å². The molecule has 1 N–H and O–H groups in total. The number of hydrogen-bond acceptors (Lipinski definition) is 3. The molecule has 0 aliphatic carbocycles. The maximum Gasteiger partial charge on any atom is 0.130 e. The molecule has 1 aromatic carbocycles. The standard InChI is InChI=1S/C13H8N4/c14-6-10(7-15)5-11-3-1-2-4-13(11)12-8-16-17-9-12/h1-5,8-9H,(H,16,17). The largest absolute Gasteiger partial charge is 0.285 e. The van der Waals surface area contributed by atoms with Gasteiger partial charge in [-0.15, -0.1) is 0 Å². The van der Waals surface area contributed by atoms with E-state index in [0.29, 0.717) is 0 Å². The Hall–Kier alpha value is -2.85. The minimum Gasteiger partial charge on any atom is -0.285 e. The van der Waals surface area contributed by atoms with Gasteiger partial charge in [-0.2, -0.15) is 15.6 Å². The van der Waals surface area contributed by atoms with Crippen molar-refractivity contribution in [3.63, 3.8) is 0 Å². The summed E-state index contributed by atoms with van der Waals surface area (Å²) in [4.78, 5) is 0. The summed E-state index contributed by atoms with van der Waals surface area (Å²) < 4.78 is 0. The van der Waals surface area contributed by atoms with Crippen LogP contribution in [0.3, 0.4) is 0 Å². The van der Waals surface area contributed by atoms with E-state index in [9.17, 15) is 0 Å². The summed E-state index contributed by atoms with van der Waals surface area (Å²) in [6.45, 7) is 0. The van der Waals surface area contributed by atoms with E-state index in [2.05, 4.69) is 10.2 Å². The van der Waals surface area contributed by atoms with Gasteiger partial charge in [-0.3, -0.25) is 5.10 Å². The molecular weight excluding hydrogens is 212 g/mol. The average Bonchev–Trinajstić information content (AvgIpc) is 2.90. The number of aromatic nitrogens is 2. The van der Waals surface area contributed by atoms with Gasteiger partial charge in [0, 0.05) is 11.8 Å². The predicted octanol–water partition coefficient (Wildman–Crippen LogP) is 2.51. The summed E-state index contributed by atoms with van der Waals surface area (Å²) in [5, 5.41) is 24.1. The van der Waals surface area contributed by atoms with E-state index in [0.717, 1.165) is 16.7 Å². The fourth-order valence-corrected chi connectivity index (χ4v) is 1.53. The van der Waals surface area contributed by atoms with Crippen molar-refractivity contribution < 1.29 is 0 Å². The van der Waals surface area contributed by atoms with Gasteiger partial charge < -0.3 is 0 Å². The Bertz CT molecular complexity index is 608. The zero-order valence-corrected chi connectivity index (χ0v) is 8.88. The molecule has 1 aromatic heterocycles. The fraction of sp³-hybridized carbons (Fsp3) is 0. The number of benzene rings is 1. The van der Waals surface area contributed by atoms with Gasteiger partial charge in [0.25, 0.3) is 0 Å². The molecule has 0 aliphatic heterocycles. The number of aromatic amines is 1. The first-order valence-corrected chi connectivity index (χ1v) is 4.95. The molecule has 0 radical (unpaired) electrons. The normalized spacial score (nSPS) is 9.06. The molecule has 4 heteroatoms. The Labute approximate surface area is 98.4 Å². The molecule has 2 aromatic rings. The molecule has 0 bridgehead atoms. The van der Waals surface area contributed by atoms with E-state index in [4.69, 9.17) is 10.5 Å². The first-order valence-electron chi connectivity index (χ1n) is 4.95. The van der Waals surface area contributed by atoms with Gasteiger partial charge in [-0.05, 0) is 17.2 Å². The molecule has 0 atom stereocenters. The highest BCUT2D eigenvalue weighted by molar-refractivity contribution is 5.77. The zero-order valence-electron chi connectivity index (χ0n) is 8.88. The minimum absolute atomic E-state index is 0.0842. The van der Waals surface area contributed by atoms with Crippen LogP contribution in [0.5, 0.6) is 0 Å². The van der Waals surface area contributed by atoms with Crippen LogP contribution in [-0.4, -0.2) is 10.2 Å². The summed E-state index contributed by atoms with van der Waals surface area (Å²) in [5.41, 5.74) is 2.77. The molecule has 0 unspecified atom stereocenters. The van der Waals surface area contributed by atoms with Gasteiger partial charge in [0.2, 0.25) is 0 Å². The lowest BCUT2D eigenvalue weighted by molar-refractivity contribution is 1.09. The van der Waals surface area contributed by atoms with Crippen molar-refractivity contribution in [1.29, 1.82) is 10.5 Å². The summed E-state index contributed by atoms with van der Waals surface area (Å²) in [5.74, 6) is 0. The smallest absolute Gasteiger partial charge is 0.130 e. The molecule has 1 heterocycles. The highest BCUT2D eigenvalue weighted by Gasteiger charge is 2.04. The van der Waals surface area contributed by atoms with Crippen LogP contribution < -0.4 is 0 Å². The first-order chi connectivity index (χ1) is 8.35. The average molecular weight is 220 g/mol. The van der Waals surface area contributed by atoms with Gasteiger partial charge in [-0.1, -0.05) is 24.3 Å². The number of hydrogen-bond donors (Lipinski definition) is 1. The van der Waals surface area contributed by atoms with Crippen LogP contribution in [0.2, 0.25) is 0 Å². The van der Waals surface area contributed by atoms with Gasteiger partial charge >= 0.3 is 0 Å². The lowest BCUT2D eigenvalue weighted by Gasteiger charge is -2.02. The van der Waals surface area contributed by atoms with E-state index in [1.54, 1.807) is 18.5 Å². The van der Waals surface area contributed by atoms with Gasteiger partial charge in [0.05, 0.1) is 6.20 Å². The molecule has 0 spiro atoms.